The first kappa shape index (κ1) is 11.1. The van der Waals surface area contributed by atoms with E-state index in [9.17, 15) is 0 Å². The Morgan fingerprint density at radius 1 is 1.14 bits per heavy atom. The number of anilines is 1. The summed E-state index contributed by atoms with van der Waals surface area (Å²) in [5, 5.41) is 0. The van der Waals surface area contributed by atoms with Gasteiger partial charge in [-0.25, -0.2) is 0 Å². The van der Waals surface area contributed by atoms with Gasteiger partial charge in [-0.3, -0.25) is 0 Å². The minimum atomic E-state index is 1.14. The molecule has 1 aromatic carbocycles. The maximum atomic E-state index is 2.43. The molecule has 2 rings (SSSR count). The summed E-state index contributed by atoms with van der Waals surface area (Å²) < 4.78 is 0. The van der Waals surface area contributed by atoms with Gasteiger partial charge in [0.05, 0.1) is 0 Å². The van der Waals surface area contributed by atoms with Crippen molar-refractivity contribution < 1.29 is 0 Å². The van der Waals surface area contributed by atoms with Gasteiger partial charge in [0, 0.05) is 18.8 Å². The Labute approximate surface area is 87.7 Å². The third kappa shape index (κ3) is 2.50. The Morgan fingerprint density at radius 2 is 1.79 bits per heavy atom. The molecule has 0 N–H and O–H groups in total. The van der Waals surface area contributed by atoms with Crippen LogP contribution < -0.4 is 4.90 Å². The fourth-order valence-corrected chi connectivity index (χ4v) is 1.74. The topological polar surface area (TPSA) is 3.24 Å². The standard InChI is InChI=1S/C10H13N.C3H8/c1-2-11-8-7-9-5-3-4-6-10(9)11;1-3-2/h3-6H,2,7-8H2,1H3;3H2,1-2H3. The number of fused-ring (bicyclic) bond motifs is 1. The summed E-state index contributed by atoms with van der Waals surface area (Å²) in [6, 6.07) is 8.68. The summed E-state index contributed by atoms with van der Waals surface area (Å²) in [6.07, 6.45) is 2.48. The Kier molecular flexibility index (Phi) is 4.51. The van der Waals surface area contributed by atoms with Crippen LogP contribution in [0.1, 0.15) is 32.8 Å². The maximum absolute atomic E-state index is 2.43. The van der Waals surface area contributed by atoms with Crippen LogP contribution in [0.4, 0.5) is 5.69 Å². The molecule has 0 saturated heterocycles. The third-order valence-electron chi connectivity index (χ3n) is 2.37. The summed E-state index contributed by atoms with van der Waals surface area (Å²) in [7, 11) is 0. The molecule has 1 aromatic rings. The van der Waals surface area contributed by atoms with E-state index in [1.54, 1.807) is 0 Å². The van der Waals surface area contributed by atoms with E-state index in [-0.39, 0.29) is 0 Å². The molecule has 14 heavy (non-hydrogen) atoms. The van der Waals surface area contributed by atoms with Gasteiger partial charge in [-0.2, -0.15) is 0 Å². The molecule has 0 aromatic heterocycles. The molecule has 0 unspecified atom stereocenters. The Morgan fingerprint density at radius 3 is 2.43 bits per heavy atom. The summed E-state index contributed by atoms with van der Waals surface area (Å²) in [4.78, 5) is 2.43. The van der Waals surface area contributed by atoms with E-state index in [4.69, 9.17) is 0 Å². The summed E-state index contributed by atoms with van der Waals surface area (Å²) >= 11 is 0. The van der Waals surface area contributed by atoms with Crippen LogP contribution >= 0.6 is 0 Å². The monoisotopic (exact) mass is 191 g/mol. The van der Waals surface area contributed by atoms with Crippen LogP contribution in [-0.2, 0) is 6.42 Å². The van der Waals surface area contributed by atoms with Gasteiger partial charge in [0.15, 0.2) is 0 Å². The lowest BCUT2D eigenvalue weighted by Crippen LogP contribution is -2.18. The van der Waals surface area contributed by atoms with Gasteiger partial charge in [0.25, 0.3) is 0 Å². The predicted octanol–water partition coefficient (Wildman–Crippen LogP) is 3.49. The molecule has 0 spiro atoms. The second kappa shape index (κ2) is 5.69. The zero-order chi connectivity index (χ0) is 10.4. The first-order valence-electron chi connectivity index (χ1n) is 5.66. The second-order valence-electron chi connectivity index (χ2n) is 3.67. The lowest BCUT2D eigenvalue weighted by atomic mass is 10.2. The molecule has 0 bridgehead atoms. The van der Waals surface area contributed by atoms with Crippen molar-refractivity contribution in [2.45, 2.75) is 33.6 Å². The van der Waals surface area contributed by atoms with Gasteiger partial charge in [0.2, 0.25) is 0 Å². The van der Waals surface area contributed by atoms with E-state index in [0.29, 0.717) is 0 Å². The summed E-state index contributed by atoms with van der Waals surface area (Å²) in [5.41, 5.74) is 2.95. The minimum Gasteiger partial charge on any atom is -0.371 e. The number of rotatable bonds is 1. The van der Waals surface area contributed by atoms with E-state index in [2.05, 4.69) is 49.9 Å². The number of para-hydroxylation sites is 1. The zero-order valence-corrected chi connectivity index (χ0v) is 9.59. The van der Waals surface area contributed by atoms with Crippen LogP contribution in [0.15, 0.2) is 24.3 Å². The normalized spacial score (nSPS) is 13.2. The highest BCUT2D eigenvalue weighted by Gasteiger charge is 2.15. The van der Waals surface area contributed by atoms with Crippen molar-refractivity contribution in [3.05, 3.63) is 29.8 Å². The van der Waals surface area contributed by atoms with Gasteiger partial charge >= 0.3 is 0 Å². The fourth-order valence-electron chi connectivity index (χ4n) is 1.74. The smallest absolute Gasteiger partial charge is 0.0399 e. The number of nitrogens with zero attached hydrogens (tertiary/aromatic N) is 1. The largest absolute Gasteiger partial charge is 0.371 e. The molecule has 1 aliphatic heterocycles. The average Bonchev–Trinajstić information content (AvgIpc) is 2.62. The van der Waals surface area contributed by atoms with E-state index < -0.39 is 0 Å². The molecule has 0 saturated carbocycles. The second-order valence-corrected chi connectivity index (χ2v) is 3.67. The highest BCUT2D eigenvalue weighted by atomic mass is 15.1. The molecule has 0 amide bonds. The SMILES string of the molecule is CCC.CCN1CCc2ccccc21. The first-order valence-corrected chi connectivity index (χ1v) is 5.66. The van der Waals surface area contributed by atoms with Crippen LogP contribution in [0.2, 0.25) is 0 Å². The average molecular weight is 191 g/mol. The number of benzene rings is 1. The van der Waals surface area contributed by atoms with Crippen LogP contribution in [0.3, 0.4) is 0 Å². The van der Waals surface area contributed by atoms with Crippen molar-refractivity contribution in [1.82, 2.24) is 0 Å². The summed E-state index contributed by atoms with van der Waals surface area (Å²) in [6.45, 7) is 8.80. The molecule has 0 atom stereocenters. The molecule has 0 radical (unpaired) electrons. The van der Waals surface area contributed by atoms with Crippen molar-refractivity contribution in [3.8, 4) is 0 Å². The van der Waals surface area contributed by atoms with Crippen LogP contribution in [0.5, 0.6) is 0 Å². The number of hydrogen-bond acceptors (Lipinski definition) is 1. The molecule has 1 nitrogen and oxygen atoms in total. The van der Waals surface area contributed by atoms with Crippen molar-refractivity contribution in [1.29, 1.82) is 0 Å². The molecule has 0 fully saturated rings. The van der Waals surface area contributed by atoms with Gasteiger partial charge in [-0.1, -0.05) is 38.5 Å². The zero-order valence-electron chi connectivity index (χ0n) is 9.59. The first-order chi connectivity index (χ1) is 6.83. The van der Waals surface area contributed by atoms with E-state index in [1.807, 2.05) is 0 Å². The van der Waals surface area contributed by atoms with E-state index in [1.165, 1.54) is 30.6 Å². The Balaban J connectivity index is 0.000000293. The molecule has 78 valence electrons. The van der Waals surface area contributed by atoms with Gasteiger partial charge < -0.3 is 4.90 Å². The minimum absolute atomic E-state index is 1.14. The molecule has 1 heteroatoms. The van der Waals surface area contributed by atoms with Crippen LogP contribution in [0.25, 0.3) is 0 Å². The Bertz CT molecular complexity index is 268. The van der Waals surface area contributed by atoms with Gasteiger partial charge in [-0.15, -0.1) is 0 Å². The third-order valence-corrected chi connectivity index (χ3v) is 2.37. The lowest BCUT2D eigenvalue weighted by Gasteiger charge is -2.15. The Hall–Kier alpha value is -0.980. The van der Waals surface area contributed by atoms with Gasteiger partial charge in [0.1, 0.15) is 0 Å². The van der Waals surface area contributed by atoms with Crippen LogP contribution in [0, 0.1) is 0 Å². The van der Waals surface area contributed by atoms with Gasteiger partial charge in [-0.05, 0) is 25.0 Å². The molecular formula is C13H21N. The van der Waals surface area contributed by atoms with Crippen molar-refractivity contribution in [3.63, 3.8) is 0 Å². The number of hydrogen-bond donors (Lipinski definition) is 0. The molecule has 0 aliphatic carbocycles. The fraction of sp³-hybridized carbons (Fsp3) is 0.538. The summed E-state index contributed by atoms with van der Waals surface area (Å²) in [5.74, 6) is 0. The van der Waals surface area contributed by atoms with Crippen molar-refractivity contribution in [2.24, 2.45) is 0 Å². The highest BCUT2D eigenvalue weighted by Crippen LogP contribution is 2.26. The van der Waals surface area contributed by atoms with Crippen LogP contribution in [-0.4, -0.2) is 13.1 Å². The molecule has 1 aliphatic rings. The van der Waals surface area contributed by atoms with Crippen molar-refractivity contribution in [2.75, 3.05) is 18.0 Å². The number of likely N-dealkylation sites (N-methyl/N-ethyl adjacent to an activating group) is 1. The molecule has 1 heterocycles. The lowest BCUT2D eigenvalue weighted by molar-refractivity contribution is 0.868. The predicted molar refractivity (Wildman–Crippen MR) is 64.0 cm³/mol. The molecular weight excluding hydrogens is 170 g/mol. The van der Waals surface area contributed by atoms with Crippen molar-refractivity contribution >= 4 is 5.69 Å². The maximum Gasteiger partial charge on any atom is 0.0399 e. The highest BCUT2D eigenvalue weighted by molar-refractivity contribution is 5.57. The van der Waals surface area contributed by atoms with E-state index in [0.717, 1.165) is 6.54 Å². The quantitative estimate of drug-likeness (QED) is 0.657. The van der Waals surface area contributed by atoms with E-state index >= 15 is 0 Å².